The summed E-state index contributed by atoms with van der Waals surface area (Å²) in [4.78, 5) is 28.6. The van der Waals surface area contributed by atoms with E-state index in [0.717, 1.165) is 38.2 Å². The van der Waals surface area contributed by atoms with Crippen LogP contribution in [0, 0.1) is 5.92 Å². The van der Waals surface area contributed by atoms with Crippen molar-refractivity contribution in [1.82, 2.24) is 10.2 Å². The molecule has 7 heteroatoms. The van der Waals surface area contributed by atoms with E-state index in [1.165, 1.54) is 0 Å². The molecular weight excluding hydrogens is 354 g/mol. The van der Waals surface area contributed by atoms with Crippen LogP contribution in [0.5, 0.6) is 5.75 Å². The number of carbonyl (C=O) groups excluding carboxylic acids is 2. The summed E-state index contributed by atoms with van der Waals surface area (Å²) in [5.74, 6) is 1.41. The Bertz CT molecular complexity index is 632. The van der Waals surface area contributed by atoms with E-state index in [2.05, 4.69) is 5.32 Å². The summed E-state index contributed by atoms with van der Waals surface area (Å²) < 4.78 is 5.64. The highest BCUT2D eigenvalue weighted by Crippen LogP contribution is 2.33. The van der Waals surface area contributed by atoms with Crippen LogP contribution in [0.4, 0.5) is 5.69 Å². The van der Waals surface area contributed by atoms with Crippen molar-refractivity contribution < 1.29 is 14.3 Å². The number of ether oxygens (including phenoxy) is 1. The Morgan fingerprint density at radius 2 is 1.96 bits per heavy atom. The van der Waals surface area contributed by atoms with Crippen molar-refractivity contribution in [2.24, 2.45) is 5.92 Å². The number of piperidine rings is 1. The number of halogens is 1. The molecule has 0 aliphatic carbocycles. The third kappa shape index (κ3) is 4.48. The van der Waals surface area contributed by atoms with Crippen molar-refractivity contribution >= 4 is 29.9 Å². The van der Waals surface area contributed by atoms with Gasteiger partial charge in [-0.05, 0) is 51.4 Å². The molecule has 2 aliphatic heterocycles. The Balaban J connectivity index is 0.00000243. The fraction of sp³-hybridized carbons (Fsp3) is 0.579. The fourth-order valence-electron chi connectivity index (χ4n) is 3.63. The Kier molecular flexibility index (Phi) is 7.29. The van der Waals surface area contributed by atoms with Gasteiger partial charge in [0.15, 0.2) is 6.10 Å². The lowest BCUT2D eigenvalue weighted by Crippen LogP contribution is -2.47. The van der Waals surface area contributed by atoms with Crippen LogP contribution in [-0.2, 0) is 9.59 Å². The fourth-order valence-corrected chi connectivity index (χ4v) is 3.63. The first kappa shape index (κ1) is 20.5. The second-order valence-electron chi connectivity index (χ2n) is 6.85. The quantitative estimate of drug-likeness (QED) is 0.848. The number of carbonyl (C=O) groups is 2. The normalized spacial score (nSPS) is 20.2. The molecule has 0 spiro atoms. The number of hydrogen-bond acceptors (Lipinski definition) is 4. The highest BCUT2D eigenvalue weighted by molar-refractivity contribution is 6.00. The topological polar surface area (TPSA) is 61.9 Å². The van der Waals surface area contributed by atoms with Gasteiger partial charge in [0, 0.05) is 26.1 Å². The van der Waals surface area contributed by atoms with Gasteiger partial charge in [-0.25, -0.2) is 0 Å². The first-order chi connectivity index (χ1) is 12.1. The average molecular weight is 382 g/mol. The van der Waals surface area contributed by atoms with Crippen molar-refractivity contribution in [2.45, 2.75) is 32.3 Å². The predicted octanol–water partition coefficient (Wildman–Crippen LogP) is 2.07. The Hall–Kier alpha value is -1.79. The van der Waals surface area contributed by atoms with Crippen molar-refractivity contribution in [3.63, 3.8) is 0 Å². The maximum absolute atomic E-state index is 12.5. The first-order valence-corrected chi connectivity index (χ1v) is 9.09. The summed E-state index contributed by atoms with van der Waals surface area (Å²) in [6.45, 7) is 4.79. The first-order valence-electron chi connectivity index (χ1n) is 9.09. The largest absolute Gasteiger partial charge is 0.479 e. The van der Waals surface area contributed by atoms with Gasteiger partial charge in [0.1, 0.15) is 5.75 Å². The standard InChI is InChI=1S/C19H27N3O3.ClH/c1-14-19(24)22(16-5-3-4-6-17(16)25-14)12-9-18(23)21-10-7-15(8-11-21)13-20-2;/h3-6,14-15,20H,7-13H2,1-2H3;1H. The molecule has 0 aromatic heterocycles. The molecule has 2 amide bonds. The molecule has 2 aliphatic rings. The number of amides is 2. The molecule has 1 N–H and O–H groups in total. The Morgan fingerprint density at radius 1 is 1.27 bits per heavy atom. The highest BCUT2D eigenvalue weighted by Gasteiger charge is 2.32. The number of para-hydroxylation sites is 2. The van der Waals surface area contributed by atoms with Gasteiger partial charge in [-0.15, -0.1) is 12.4 Å². The van der Waals surface area contributed by atoms with Crippen molar-refractivity contribution in [3.05, 3.63) is 24.3 Å². The van der Waals surface area contributed by atoms with E-state index in [1.807, 2.05) is 36.2 Å². The maximum Gasteiger partial charge on any atom is 0.267 e. The SMILES string of the molecule is CNCC1CCN(C(=O)CCN2C(=O)C(C)Oc3ccccc32)CC1.Cl. The zero-order valence-electron chi connectivity index (χ0n) is 15.4. The molecule has 0 radical (unpaired) electrons. The molecule has 0 saturated carbocycles. The van der Waals surface area contributed by atoms with Crippen LogP contribution < -0.4 is 15.0 Å². The third-order valence-corrected chi connectivity index (χ3v) is 5.08. The lowest BCUT2D eigenvalue weighted by atomic mass is 9.96. The molecular formula is C19H28ClN3O3. The van der Waals surface area contributed by atoms with Gasteiger partial charge in [-0.2, -0.15) is 0 Å². The van der Waals surface area contributed by atoms with Gasteiger partial charge in [0.25, 0.3) is 5.91 Å². The number of nitrogens with zero attached hydrogens (tertiary/aromatic N) is 2. The number of likely N-dealkylation sites (tertiary alicyclic amines) is 1. The van der Waals surface area contributed by atoms with Gasteiger partial charge in [0.2, 0.25) is 5.91 Å². The second-order valence-corrected chi connectivity index (χ2v) is 6.85. The predicted molar refractivity (Wildman–Crippen MR) is 104 cm³/mol. The van der Waals surface area contributed by atoms with Crippen LogP contribution in [0.1, 0.15) is 26.2 Å². The van der Waals surface area contributed by atoms with Gasteiger partial charge in [0.05, 0.1) is 5.69 Å². The smallest absolute Gasteiger partial charge is 0.267 e. The van der Waals surface area contributed by atoms with Gasteiger partial charge < -0.3 is 19.9 Å². The van der Waals surface area contributed by atoms with Gasteiger partial charge in [-0.1, -0.05) is 12.1 Å². The summed E-state index contributed by atoms with van der Waals surface area (Å²) in [6.07, 6.45) is 1.93. The molecule has 3 rings (SSSR count). The molecule has 2 heterocycles. The molecule has 1 unspecified atom stereocenters. The van der Waals surface area contributed by atoms with E-state index in [4.69, 9.17) is 4.74 Å². The summed E-state index contributed by atoms with van der Waals surface area (Å²) in [5, 5.41) is 3.21. The summed E-state index contributed by atoms with van der Waals surface area (Å²) in [5.41, 5.74) is 0.756. The molecule has 6 nitrogen and oxygen atoms in total. The second kappa shape index (κ2) is 9.24. The van der Waals surface area contributed by atoms with Crippen LogP contribution in [-0.4, -0.2) is 56.0 Å². The molecule has 144 valence electrons. The van der Waals surface area contributed by atoms with Gasteiger partial charge in [-0.3, -0.25) is 9.59 Å². The molecule has 0 bridgehead atoms. The molecule has 1 aromatic rings. The number of fused-ring (bicyclic) bond motifs is 1. The highest BCUT2D eigenvalue weighted by atomic mass is 35.5. The lowest BCUT2D eigenvalue weighted by Gasteiger charge is -2.35. The van der Waals surface area contributed by atoms with Crippen LogP contribution in [0.3, 0.4) is 0 Å². The number of benzene rings is 1. The average Bonchev–Trinajstić information content (AvgIpc) is 2.63. The molecule has 1 fully saturated rings. The van der Waals surface area contributed by atoms with Crippen molar-refractivity contribution in [1.29, 1.82) is 0 Å². The molecule has 1 atom stereocenters. The minimum Gasteiger partial charge on any atom is -0.479 e. The molecule has 26 heavy (non-hydrogen) atoms. The molecule has 1 aromatic carbocycles. The third-order valence-electron chi connectivity index (χ3n) is 5.08. The van der Waals surface area contributed by atoms with Crippen LogP contribution in [0.25, 0.3) is 0 Å². The zero-order valence-corrected chi connectivity index (χ0v) is 16.3. The van der Waals surface area contributed by atoms with Crippen LogP contribution in [0.15, 0.2) is 24.3 Å². The number of hydrogen-bond donors (Lipinski definition) is 1. The van der Waals surface area contributed by atoms with E-state index >= 15 is 0 Å². The van der Waals surface area contributed by atoms with E-state index < -0.39 is 6.10 Å². The Morgan fingerprint density at radius 3 is 2.65 bits per heavy atom. The van der Waals surface area contributed by atoms with Crippen molar-refractivity contribution in [3.8, 4) is 5.75 Å². The number of anilines is 1. The summed E-state index contributed by atoms with van der Waals surface area (Å²) in [6, 6.07) is 7.50. The lowest BCUT2D eigenvalue weighted by molar-refractivity contribution is -0.132. The number of rotatable bonds is 5. The van der Waals surface area contributed by atoms with E-state index in [0.29, 0.717) is 24.6 Å². The summed E-state index contributed by atoms with van der Waals surface area (Å²) in [7, 11) is 1.97. The van der Waals surface area contributed by atoms with E-state index in [1.54, 1.807) is 11.8 Å². The summed E-state index contributed by atoms with van der Waals surface area (Å²) >= 11 is 0. The number of nitrogens with one attached hydrogen (secondary N) is 1. The van der Waals surface area contributed by atoms with Gasteiger partial charge >= 0.3 is 0 Å². The monoisotopic (exact) mass is 381 g/mol. The maximum atomic E-state index is 12.5. The Labute approximate surface area is 161 Å². The minimum absolute atomic E-state index is 0. The zero-order chi connectivity index (χ0) is 17.8. The molecule has 1 saturated heterocycles. The van der Waals surface area contributed by atoms with E-state index in [9.17, 15) is 9.59 Å². The van der Waals surface area contributed by atoms with Crippen molar-refractivity contribution in [2.75, 3.05) is 38.1 Å². The van der Waals surface area contributed by atoms with Crippen LogP contribution >= 0.6 is 12.4 Å². The van der Waals surface area contributed by atoms with E-state index in [-0.39, 0.29) is 24.2 Å². The van der Waals surface area contributed by atoms with Crippen LogP contribution in [0.2, 0.25) is 0 Å². The minimum atomic E-state index is -0.512.